The number of nitrogens with zero attached hydrogens (tertiary/aromatic N) is 1. The maximum Gasteiger partial charge on any atom is 0.408 e. The third-order valence-corrected chi connectivity index (χ3v) is 3.57. The molecule has 1 saturated heterocycles. The summed E-state index contributed by atoms with van der Waals surface area (Å²) in [5.74, 6) is 0.317. The molecule has 1 fully saturated rings. The van der Waals surface area contributed by atoms with Crippen molar-refractivity contribution in [3.05, 3.63) is 35.9 Å². The second kappa shape index (κ2) is 6.38. The Morgan fingerprint density at radius 3 is 2.36 bits per heavy atom. The van der Waals surface area contributed by atoms with Gasteiger partial charge in [-0.2, -0.15) is 0 Å². The molecular formula is C17H24N2O3. The monoisotopic (exact) mass is 304 g/mol. The van der Waals surface area contributed by atoms with E-state index in [0.717, 1.165) is 0 Å². The van der Waals surface area contributed by atoms with Gasteiger partial charge in [0.2, 0.25) is 5.91 Å². The molecule has 22 heavy (non-hydrogen) atoms. The topological polar surface area (TPSA) is 58.6 Å². The van der Waals surface area contributed by atoms with Crippen molar-refractivity contribution in [1.29, 1.82) is 0 Å². The van der Waals surface area contributed by atoms with Gasteiger partial charge in [-0.05, 0) is 33.3 Å². The number of hydrogen-bond donors (Lipinski definition) is 1. The Morgan fingerprint density at radius 2 is 1.82 bits per heavy atom. The molecule has 120 valence electrons. The molecule has 1 aromatic rings. The lowest BCUT2D eigenvalue weighted by atomic mass is 9.91. The number of amides is 2. The summed E-state index contributed by atoms with van der Waals surface area (Å²) in [6, 6.07) is 9.58. The SMILES string of the molecule is C[C@@H](NC(=O)OC(C)(C)C)C(=O)N1CC(c2ccccc2)C1. The van der Waals surface area contributed by atoms with Crippen molar-refractivity contribution in [1.82, 2.24) is 10.2 Å². The number of carbonyl (C=O) groups excluding carboxylic acids is 2. The van der Waals surface area contributed by atoms with Crippen LogP contribution in [-0.2, 0) is 9.53 Å². The lowest BCUT2D eigenvalue weighted by Gasteiger charge is -2.41. The number of benzene rings is 1. The smallest absolute Gasteiger partial charge is 0.408 e. The number of carbonyl (C=O) groups is 2. The van der Waals surface area contributed by atoms with Gasteiger partial charge in [-0.15, -0.1) is 0 Å². The first-order valence-corrected chi connectivity index (χ1v) is 7.59. The lowest BCUT2D eigenvalue weighted by Crippen LogP contribution is -2.55. The van der Waals surface area contributed by atoms with Crippen molar-refractivity contribution in [2.45, 2.75) is 45.3 Å². The van der Waals surface area contributed by atoms with Crippen molar-refractivity contribution in [3.8, 4) is 0 Å². The van der Waals surface area contributed by atoms with Crippen molar-refractivity contribution < 1.29 is 14.3 Å². The highest BCUT2D eigenvalue weighted by atomic mass is 16.6. The molecule has 0 bridgehead atoms. The van der Waals surface area contributed by atoms with E-state index >= 15 is 0 Å². The Bertz CT molecular complexity index is 531. The van der Waals surface area contributed by atoms with Crippen LogP contribution in [-0.4, -0.2) is 41.6 Å². The van der Waals surface area contributed by atoms with Crippen LogP contribution >= 0.6 is 0 Å². The minimum Gasteiger partial charge on any atom is -0.444 e. The third-order valence-electron chi connectivity index (χ3n) is 3.57. The molecule has 1 aliphatic heterocycles. The lowest BCUT2D eigenvalue weighted by molar-refractivity contribution is -0.137. The summed E-state index contributed by atoms with van der Waals surface area (Å²) in [5, 5.41) is 2.59. The Labute approximate surface area is 131 Å². The van der Waals surface area contributed by atoms with Gasteiger partial charge in [0.15, 0.2) is 0 Å². The molecule has 2 amide bonds. The summed E-state index contributed by atoms with van der Waals surface area (Å²) in [6.45, 7) is 8.45. The molecule has 1 aromatic carbocycles. The minimum atomic E-state index is -0.577. The second-order valence-electron chi connectivity index (χ2n) is 6.72. The molecular weight excluding hydrogens is 280 g/mol. The van der Waals surface area contributed by atoms with Crippen LogP contribution in [0.5, 0.6) is 0 Å². The summed E-state index contributed by atoms with van der Waals surface area (Å²) >= 11 is 0. The Balaban J connectivity index is 1.80. The van der Waals surface area contributed by atoms with Gasteiger partial charge in [-0.25, -0.2) is 4.79 Å². The predicted molar refractivity (Wildman–Crippen MR) is 84.6 cm³/mol. The summed E-state index contributed by atoms with van der Waals surface area (Å²) in [4.78, 5) is 25.7. The molecule has 0 radical (unpaired) electrons. The van der Waals surface area contributed by atoms with E-state index in [1.165, 1.54) is 5.56 Å². The first kappa shape index (κ1) is 16.3. The highest BCUT2D eigenvalue weighted by Gasteiger charge is 2.34. The van der Waals surface area contributed by atoms with Crippen molar-refractivity contribution in [3.63, 3.8) is 0 Å². The Morgan fingerprint density at radius 1 is 1.23 bits per heavy atom. The van der Waals surface area contributed by atoms with Gasteiger partial charge in [-0.1, -0.05) is 30.3 Å². The van der Waals surface area contributed by atoms with Crippen molar-refractivity contribution >= 4 is 12.0 Å². The fraction of sp³-hybridized carbons (Fsp3) is 0.529. The normalized spacial score (nSPS) is 16.6. The summed E-state index contributed by atoms with van der Waals surface area (Å²) in [5.41, 5.74) is 0.682. The zero-order valence-electron chi connectivity index (χ0n) is 13.6. The van der Waals surface area contributed by atoms with Crippen LogP contribution in [0.1, 0.15) is 39.2 Å². The molecule has 0 saturated carbocycles. The number of ether oxygens (including phenoxy) is 1. The fourth-order valence-corrected chi connectivity index (χ4v) is 2.41. The van der Waals surface area contributed by atoms with Gasteiger partial charge < -0.3 is 15.0 Å². The Kier molecular flexibility index (Phi) is 4.74. The maximum absolute atomic E-state index is 12.3. The first-order chi connectivity index (χ1) is 10.3. The number of nitrogens with one attached hydrogen (secondary N) is 1. The standard InChI is InChI=1S/C17H24N2O3/c1-12(18-16(21)22-17(2,3)4)15(20)19-10-14(11-19)13-8-6-5-7-9-13/h5-9,12,14H,10-11H2,1-4H3,(H,18,21)/t12-/m1/s1. The molecule has 1 aliphatic rings. The molecule has 5 nitrogen and oxygen atoms in total. The van der Waals surface area contributed by atoms with Crippen LogP contribution in [0.15, 0.2) is 30.3 Å². The molecule has 5 heteroatoms. The molecule has 2 rings (SSSR count). The van der Waals surface area contributed by atoms with E-state index in [1.807, 2.05) is 18.2 Å². The number of likely N-dealkylation sites (tertiary alicyclic amines) is 1. The third kappa shape index (κ3) is 4.23. The first-order valence-electron chi connectivity index (χ1n) is 7.59. The number of hydrogen-bond acceptors (Lipinski definition) is 3. The summed E-state index contributed by atoms with van der Waals surface area (Å²) in [7, 11) is 0. The summed E-state index contributed by atoms with van der Waals surface area (Å²) < 4.78 is 5.16. The largest absolute Gasteiger partial charge is 0.444 e. The fourth-order valence-electron chi connectivity index (χ4n) is 2.41. The average molecular weight is 304 g/mol. The van der Waals surface area contributed by atoms with E-state index in [9.17, 15) is 9.59 Å². The molecule has 0 aromatic heterocycles. The second-order valence-corrected chi connectivity index (χ2v) is 6.72. The van der Waals surface area contributed by atoms with E-state index in [4.69, 9.17) is 4.74 Å². The molecule has 1 atom stereocenters. The van der Waals surface area contributed by atoms with Crippen LogP contribution in [0, 0.1) is 0 Å². The molecule has 0 aliphatic carbocycles. The van der Waals surface area contributed by atoms with E-state index in [-0.39, 0.29) is 5.91 Å². The predicted octanol–water partition coefficient (Wildman–Crippen LogP) is 2.53. The average Bonchev–Trinajstić information content (AvgIpc) is 2.35. The molecule has 1 heterocycles. The van der Waals surface area contributed by atoms with Crippen LogP contribution in [0.2, 0.25) is 0 Å². The van der Waals surface area contributed by atoms with E-state index in [2.05, 4.69) is 17.4 Å². The minimum absolute atomic E-state index is 0.0713. The number of rotatable bonds is 3. The molecule has 0 unspecified atom stereocenters. The summed E-state index contributed by atoms with van der Waals surface area (Å²) in [6.07, 6.45) is -0.562. The zero-order valence-corrected chi connectivity index (χ0v) is 13.6. The van der Waals surface area contributed by atoms with Crippen molar-refractivity contribution in [2.24, 2.45) is 0 Å². The maximum atomic E-state index is 12.3. The molecule has 1 N–H and O–H groups in total. The van der Waals surface area contributed by atoms with E-state index < -0.39 is 17.7 Å². The van der Waals surface area contributed by atoms with Crippen LogP contribution in [0.25, 0.3) is 0 Å². The van der Waals surface area contributed by atoms with E-state index in [1.54, 1.807) is 32.6 Å². The Hall–Kier alpha value is -2.04. The van der Waals surface area contributed by atoms with Gasteiger partial charge in [0, 0.05) is 19.0 Å². The van der Waals surface area contributed by atoms with Gasteiger partial charge in [0.25, 0.3) is 0 Å². The van der Waals surface area contributed by atoms with Crippen LogP contribution in [0.3, 0.4) is 0 Å². The van der Waals surface area contributed by atoms with E-state index in [0.29, 0.717) is 19.0 Å². The van der Waals surface area contributed by atoms with Crippen LogP contribution in [0.4, 0.5) is 4.79 Å². The van der Waals surface area contributed by atoms with Gasteiger partial charge in [0.1, 0.15) is 11.6 Å². The van der Waals surface area contributed by atoms with Gasteiger partial charge in [-0.3, -0.25) is 4.79 Å². The highest BCUT2D eigenvalue weighted by molar-refractivity contribution is 5.86. The van der Waals surface area contributed by atoms with Gasteiger partial charge in [0.05, 0.1) is 0 Å². The van der Waals surface area contributed by atoms with Crippen LogP contribution < -0.4 is 5.32 Å². The quantitative estimate of drug-likeness (QED) is 0.933. The highest BCUT2D eigenvalue weighted by Crippen LogP contribution is 2.27. The van der Waals surface area contributed by atoms with Gasteiger partial charge >= 0.3 is 6.09 Å². The van der Waals surface area contributed by atoms with Crippen molar-refractivity contribution in [2.75, 3.05) is 13.1 Å². The number of alkyl carbamates (subject to hydrolysis) is 1. The molecule has 0 spiro atoms. The zero-order chi connectivity index (χ0) is 16.3.